The van der Waals surface area contributed by atoms with Crippen LogP contribution in [0.2, 0.25) is 0 Å². The smallest absolute Gasteiger partial charge is 0.251 e. The third-order valence-corrected chi connectivity index (χ3v) is 3.50. The molecule has 1 amide bonds. The van der Waals surface area contributed by atoms with Gasteiger partial charge in [0.1, 0.15) is 0 Å². The van der Waals surface area contributed by atoms with E-state index in [2.05, 4.69) is 17.1 Å². The minimum Gasteiger partial charge on any atom is -0.348 e. The lowest BCUT2D eigenvalue weighted by atomic mass is 9.89. The van der Waals surface area contributed by atoms with E-state index in [1.54, 1.807) is 0 Å². The number of amides is 1. The molecule has 2 heteroatoms. The number of rotatable bonds is 4. The summed E-state index contributed by atoms with van der Waals surface area (Å²) >= 11 is 0. The maximum absolute atomic E-state index is 11.7. The van der Waals surface area contributed by atoms with Crippen molar-refractivity contribution in [2.75, 3.05) is 6.54 Å². The van der Waals surface area contributed by atoms with E-state index < -0.39 is 0 Å². The van der Waals surface area contributed by atoms with Gasteiger partial charge in [0.15, 0.2) is 0 Å². The second kappa shape index (κ2) is 7.60. The monoisotopic (exact) mass is 255 g/mol. The molecule has 1 aromatic carbocycles. The molecule has 0 unspecified atom stereocenters. The molecule has 1 saturated carbocycles. The SMILES string of the molecule is O=C(NCC=C=CC1CCCCC1)c1ccccc1. The molecule has 0 spiro atoms. The van der Waals surface area contributed by atoms with Crippen LogP contribution < -0.4 is 5.32 Å². The fourth-order valence-corrected chi connectivity index (χ4v) is 2.40. The van der Waals surface area contributed by atoms with E-state index in [9.17, 15) is 4.79 Å². The van der Waals surface area contributed by atoms with Gasteiger partial charge in [0.2, 0.25) is 0 Å². The topological polar surface area (TPSA) is 29.1 Å². The van der Waals surface area contributed by atoms with Crippen LogP contribution >= 0.6 is 0 Å². The Morgan fingerprint density at radius 3 is 2.68 bits per heavy atom. The van der Waals surface area contributed by atoms with Crippen molar-refractivity contribution in [2.24, 2.45) is 5.92 Å². The first kappa shape index (κ1) is 13.6. The summed E-state index contributed by atoms with van der Waals surface area (Å²) in [7, 11) is 0. The van der Waals surface area contributed by atoms with E-state index >= 15 is 0 Å². The van der Waals surface area contributed by atoms with Gasteiger partial charge in [-0.25, -0.2) is 0 Å². The molecule has 0 aliphatic heterocycles. The molecule has 1 aliphatic rings. The predicted molar refractivity (Wildman–Crippen MR) is 78.0 cm³/mol. The molecule has 100 valence electrons. The molecule has 1 aromatic rings. The maximum atomic E-state index is 11.7. The van der Waals surface area contributed by atoms with Crippen molar-refractivity contribution in [2.45, 2.75) is 32.1 Å². The zero-order valence-electron chi connectivity index (χ0n) is 11.3. The lowest BCUT2D eigenvalue weighted by Gasteiger charge is -2.16. The van der Waals surface area contributed by atoms with Gasteiger partial charge in [-0.3, -0.25) is 4.79 Å². The molecule has 0 saturated heterocycles. The summed E-state index contributed by atoms with van der Waals surface area (Å²) in [5.41, 5.74) is 3.90. The van der Waals surface area contributed by atoms with Crippen LogP contribution in [0.1, 0.15) is 42.5 Å². The van der Waals surface area contributed by atoms with E-state index in [0.29, 0.717) is 18.0 Å². The molecule has 1 N–H and O–H groups in total. The number of carbonyl (C=O) groups excluding carboxylic acids is 1. The van der Waals surface area contributed by atoms with Gasteiger partial charge in [-0.05, 0) is 43.0 Å². The summed E-state index contributed by atoms with van der Waals surface area (Å²) in [5.74, 6) is 0.658. The second-order valence-electron chi connectivity index (χ2n) is 5.01. The highest BCUT2D eigenvalue weighted by molar-refractivity contribution is 5.94. The molecule has 2 nitrogen and oxygen atoms in total. The summed E-state index contributed by atoms with van der Waals surface area (Å²) in [6, 6.07) is 9.28. The van der Waals surface area contributed by atoms with Crippen LogP contribution in [-0.4, -0.2) is 12.5 Å². The molecule has 19 heavy (non-hydrogen) atoms. The third kappa shape index (κ3) is 4.76. The summed E-state index contributed by atoms with van der Waals surface area (Å²) in [6.07, 6.45) is 10.7. The Balaban J connectivity index is 1.73. The van der Waals surface area contributed by atoms with E-state index in [1.807, 2.05) is 36.4 Å². The van der Waals surface area contributed by atoms with Crippen LogP contribution in [0.4, 0.5) is 0 Å². The highest BCUT2D eigenvalue weighted by atomic mass is 16.1. The fourth-order valence-electron chi connectivity index (χ4n) is 2.40. The van der Waals surface area contributed by atoms with Crippen LogP contribution in [0.3, 0.4) is 0 Å². The third-order valence-electron chi connectivity index (χ3n) is 3.50. The summed E-state index contributed by atoms with van der Waals surface area (Å²) in [5, 5.41) is 2.86. The molecule has 1 aliphatic carbocycles. The largest absolute Gasteiger partial charge is 0.348 e. The summed E-state index contributed by atoms with van der Waals surface area (Å²) in [6.45, 7) is 0.539. The van der Waals surface area contributed by atoms with Gasteiger partial charge in [0, 0.05) is 12.1 Å². The van der Waals surface area contributed by atoms with Gasteiger partial charge in [-0.15, -0.1) is 5.73 Å². The molecule has 0 aromatic heterocycles. The molecular weight excluding hydrogens is 234 g/mol. The number of benzene rings is 1. The molecule has 0 radical (unpaired) electrons. The lowest BCUT2D eigenvalue weighted by Crippen LogP contribution is -2.22. The molecule has 2 rings (SSSR count). The first-order valence-electron chi connectivity index (χ1n) is 7.10. The second-order valence-corrected chi connectivity index (χ2v) is 5.01. The van der Waals surface area contributed by atoms with Crippen molar-refractivity contribution in [3.63, 3.8) is 0 Å². The van der Waals surface area contributed by atoms with Crippen LogP contribution in [0.25, 0.3) is 0 Å². The summed E-state index contributed by atoms with van der Waals surface area (Å²) < 4.78 is 0. The lowest BCUT2D eigenvalue weighted by molar-refractivity contribution is 0.0958. The van der Waals surface area contributed by atoms with Gasteiger partial charge in [0.05, 0.1) is 0 Å². The van der Waals surface area contributed by atoms with E-state index in [1.165, 1.54) is 32.1 Å². The van der Waals surface area contributed by atoms with Crippen molar-refractivity contribution in [3.8, 4) is 0 Å². The Morgan fingerprint density at radius 1 is 1.21 bits per heavy atom. The number of hydrogen-bond donors (Lipinski definition) is 1. The Labute approximate surface area is 115 Å². The molecule has 0 heterocycles. The quantitative estimate of drug-likeness (QED) is 0.816. The number of hydrogen-bond acceptors (Lipinski definition) is 1. The average Bonchev–Trinajstić information content (AvgIpc) is 2.49. The summed E-state index contributed by atoms with van der Waals surface area (Å²) in [4.78, 5) is 11.7. The van der Waals surface area contributed by atoms with Crippen molar-refractivity contribution >= 4 is 5.91 Å². The highest BCUT2D eigenvalue weighted by Crippen LogP contribution is 2.23. The minimum absolute atomic E-state index is 0.0312. The first-order chi connectivity index (χ1) is 9.36. The van der Waals surface area contributed by atoms with Gasteiger partial charge >= 0.3 is 0 Å². The standard InChI is InChI=1S/C17H21NO/c19-17(16-12-5-2-6-13-16)18-14-8-7-11-15-9-3-1-4-10-15/h2,5-6,8,11-13,15H,1,3-4,9-10,14H2,(H,18,19). The van der Waals surface area contributed by atoms with Crippen molar-refractivity contribution in [1.82, 2.24) is 5.32 Å². The van der Waals surface area contributed by atoms with Crippen LogP contribution in [0, 0.1) is 5.92 Å². The van der Waals surface area contributed by atoms with Gasteiger partial charge in [-0.2, -0.15) is 0 Å². The van der Waals surface area contributed by atoms with Crippen LogP contribution in [0.5, 0.6) is 0 Å². The van der Waals surface area contributed by atoms with Crippen molar-refractivity contribution in [1.29, 1.82) is 0 Å². The van der Waals surface area contributed by atoms with Crippen LogP contribution in [0.15, 0.2) is 48.2 Å². The van der Waals surface area contributed by atoms with Gasteiger partial charge in [0.25, 0.3) is 5.91 Å². The Hall–Kier alpha value is -1.79. The van der Waals surface area contributed by atoms with E-state index in [-0.39, 0.29) is 5.91 Å². The molecular formula is C17H21NO. The molecule has 0 atom stereocenters. The number of carbonyl (C=O) groups is 1. The first-order valence-corrected chi connectivity index (χ1v) is 7.10. The number of nitrogens with one attached hydrogen (secondary N) is 1. The van der Waals surface area contributed by atoms with Gasteiger partial charge < -0.3 is 5.32 Å². The zero-order chi connectivity index (χ0) is 13.3. The van der Waals surface area contributed by atoms with Gasteiger partial charge in [-0.1, -0.05) is 37.5 Å². The Bertz CT molecular complexity index is 451. The van der Waals surface area contributed by atoms with E-state index in [4.69, 9.17) is 0 Å². The minimum atomic E-state index is -0.0312. The predicted octanol–water partition coefficient (Wildman–Crippen LogP) is 3.71. The fraction of sp³-hybridized carbons (Fsp3) is 0.412. The molecule has 1 fully saturated rings. The maximum Gasteiger partial charge on any atom is 0.251 e. The highest BCUT2D eigenvalue weighted by Gasteiger charge is 2.09. The Kier molecular flexibility index (Phi) is 5.46. The van der Waals surface area contributed by atoms with Crippen molar-refractivity contribution in [3.05, 3.63) is 53.8 Å². The molecule has 0 bridgehead atoms. The zero-order valence-corrected chi connectivity index (χ0v) is 11.3. The normalized spacial score (nSPS) is 15.4. The van der Waals surface area contributed by atoms with Crippen LogP contribution in [-0.2, 0) is 0 Å². The van der Waals surface area contributed by atoms with E-state index in [0.717, 1.165) is 0 Å². The Morgan fingerprint density at radius 2 is 1.95 bits per heavy atom. The van der Waals surface area contributed by atoms with Crippen molar-refractivity contribution < 1.29 is 4.79 Å². The average molecular weight is 255 g/mol.